The number of ketones is 1. The van der Waals surface area contributed by atoms with E-state index in [4.69, 9.17) is 10.1 Å². The van der Waals surface area contributed by atoms with Crippen LogP contribution in [0.15, 0.2) is 6.08 Å². The molecule has 0 amide bonds. The molecule has 1 N–H and O–H groups in total. The highest BCUT2D eigenvalue weighted by Gasteiger charge is 2.20. The molecule has 1 saturated heterocycles. The van der Waals surface area contributed by atoms with Crippen LogP contribution >= 0.6 is 0 Å². The summed E-state index contributed by atoms with van der Waals surface area (Å²) in [6.45, 7) is 0.669. The van der Waals surface area contributed by atoms with Crippen LogP contribution < -0.4 is 0 Å². The average molecular weight is 139 g/mol. The molecule has 3 nitrogen and oxygen atoms in total. The van der Waals surface area contributed by atoms with Gasteiger partial charge in [-0.15, -0.1) is 0 Å². The van der Waals surface area contributed by atoms with Crippen molar-refractivity contribution in [3.8, 4) is 0 Å². The Balaban J connectivity index is 2.47. The van der Waals surface area contributed by atoms with Crippen LogP contribution in [0.2, 0.25) is 0 Å². The Morgan fingerprint density at radius 1 is 1.80 bits per heavy atom. The predicted octanol–water partition coefficient (Wildman–Crippen LogP) is 0.539. The molecule has 1 atom stereocenters. The SMILES string of the molecule is N=C=CC(=O)C1CCCO1. The normalized spacial score (nSPS) is 23.8. The van der Waals surface area contributed by atoms with Crippen LogP contribution in [-0.2, 0) is 9.53 Å². The third kappa shape index (κ3) is 1.53. The van der Waals surface area contributed by atoms with Gasteiger partial charge in [0.2, 0.25) is 0 Å². The highest BCUT2D eigenvalue weighted by atomic mass is 16.5. The third-order valence-electron chi connectivity index (χ3n) is 1.46. The number of carbonyl (C=O) groups is 1. The summed E-state index contributed by atoms with van der Waals surface area (Å²) in [5.41, 5.74) is 0. The molecule has 0 spiro atoms. The van der Waals surface area contributed by atoms with Crippen molar-refractivity contribution in [3.05, 3.63) is 6.08 Å². The molecule has 0 aromatic carbocycles. The van der Waals surface area contributed by atoms with Gasteiger partial charge in [-0.05, 0) is 18.7 Å². The maximum atomic E-state index is 10.9. The van der Waals surface area contributed by atoms with Gasteiger partial charge in [-0.2, -0.15) is 0 Å². The van der Waals surface area contributed by atoms with Crippen molar-refractivity contribution in [1.29, 1.82) is 5.41 Å². The molecule has 54 valence electrons. The first-order valence-corrected chi connectivity index (χ1v) is 3.25. The molecular weight excluding hydrogens is 130 g/mol. The number of ether oxygens (including phenoxy) is 1. The number of carbonyl (C=O) groups excluding carboxylic acids is 1. The lowest BCUT2D eigenvalue weighted by atomic mass is 10.2. The van der Waals surface area contributed by atoms with Crippen LogP contribution in [0.5, 0.6) is 0 Å². The summed E-state index contributed by atoms with van der Waals surface area (Å²) >= 11 is 0. The molecule has 0 aromatic heterocycles. The molecule has 0 bridgehead atoms. The fraction of sp³-hybridized carbons (Fsp3) is 0.571. The number of hydrogen-bond donors (Lipinski definition) is 1. The van der Waals surface area contributed by atoms with Crippen molar-refractivity contribution in [3.63, 3.8) is 0 Å². The molecule has 1 aliphatic rings. The van der Waals surface area contributed by atoms with Gasteiger partial charge in [0, 0.05) is 12.7 Å². The minimum Gasteiger partial charge on any atom is -0.370 e. The topological polar surface area (TPSA) is 50.2 Å². The Bertz CT molecular complexity index is 176. The Morgan fingerprint density at radius 3 is 3.10 bits per heavy atom. The van der Waals surface area contributed by atoms with E-state index in [1.165, 1.54) is 0 Å². The van der Waals surface area contributed by atoms with Gasteiger partial charge in [-0.25, -0.2) is 0 Å². The van der Waals surface area contributed by atoms with E-state index in [1.54, 1.807) is 0 Å². The Morgan fingerprint density at radius 2 is 2.60 bits per heavy atom. The molecule has 10 heavy (non-hydrogen) atoms. The first-order chi connectivity index (χ1) is 4.84. The van der Waals surface area contributed by atoms with E-state index in [0.717, 1.165) is 18.9 Å². The van der Waals surface area contributed by atoms with Crippen LogP contribution in [-0.4, -0.2) is 24.4 Å². The molecular formula is C7H9NO2. The van der Waals surface area contributed by atoms with Gasteiger partial charge in [-0.3, -0.25) is 10.2 Å². The molecule has 1 fully saturated rings. The summed E-state index contributed by atoms with van der Waals surface area (Å²) in [7, 11) is 0. The van der Waals surface area contributed by atoms with E-state index in [1.807, 2.05) is 5.87 Å². The lowest BCUT2D eigenvalue weighted by Crippen LogP contribution is -2.16. The van der Waals surface area contributed by atoms with E-state index in [-0.39, 0.29) is 11.9 Å². The predicted molar refractivity (Wildman–Crippen MR) is 36.3 cm³/mol. The summed E-state index contributed by atoms with van der Waals surface area (Å²) in [6.07, 6.45) is 2.56. The fourth-order valence-corrected chi connectivity index (χ4v) is 0.966. The van der Waals surface area contributed by atoms with Gasteiger partial charge in [0.05, 0.1) is 0 Å². The quantitative estimate of drug-likeness (QED) is 0.448. The molecule has 0 aliphatic carbocycles. The molecule has 3 heteroatoms. The van der Waals surface area contributed by atoms with Crippen molar-refractivity contribution in [2.75, 3.05) is 6.61 Å². The molecule has 1 rings (SSSR count). The van der Waals surface area contributed by atoms with Crippen LogP contribution in [0.1, 0.15) is 12.8 Å². The summed E-state index contributed by atoms with van der Waals surface area (Å²) in [5.74, 6) is 1.81. The Kier molecular flexibility index (Phi) is 2.37. The van der Waals surface area contributed by atoms with E-state index >= 15 is 0 Å². The summed E-state index contributed by atoms with van der Waals surface area (Å²) < 4.78 is 5.06. The zero-order valence-corrected chi connectivity index (χ0v) is 5.59. The van der Waals surface area contributed by atoms with Crippen LogP contribution in [0, 0.1) is 5.41 Å². The van der Waals surface area contributed by atoms with Gasteiger partial charge in [0.25, 0.3) is 0 Å². The van der Waals surface area contributed by atoms with E-state index in [0.29, 0.717) is 6.61 Å². The highest BCUT2D eigenvalue weighted by Crippen LogP contribution is 2.12. The Hall–Kier alpha value is -0.920. The first kappa shape index (κ1) is 7.19. The van der Waals surface area contributed by atoms with Crippen LogP contribution in [0.3, 0.4) is 0 Å². The zero-order valence-electron chi connectivity index (χ0n) is 5.59. The van der Waals surface area contributed by atoms with Gasteiger partial charge in [0.1, 0.15) is 6.10 Å². The Labute approximate surface area is 59.2 Å². The van der Waals surface area contributed by atoms with E-state index in [2.05, 4.69) is 0 Å². The maximum absolute atomic E-state index is 10.9. The van der Waals surface area contributed by atoms with Crippen LogP contribution in [0.25, 0.3) is 0 Å². The van der Waals surface area contributed by atoms with Crippen molar-refractivity contribution < 1.29 is 9.53 Å². The van der Waals surface area contributed by atoms with Crippen LogP contribution in [0.4, 0.5) is 0 Å². The lowest BCUT2D eigenvalue weighted by molar-refractivity contribution is -0.122. The summed E-state index contributed by atoms with van der Waals surface area (Å²) in [4.78, 5) is 10.9. The van der Waals surface area contributed by atoms with Gasteiger partial charge in [-0.1, -0.05) is 0 Å². The standard InChI is InChI=1S/C7H9NO2/c8-4-3-6(9)7-2-1-5-10-7/h3,7-8H,1-2,5H2. The highest BCUT2D eigenvalue weighted by molar-refractivity contribution is 5.99. The largest absolute Gasteiger partial charge is 0.370 e. The monoisotopic (exact) mass is 139 g/mol. The average Bonchev–Trinajstić information content (AvgIpc) is 2.38. The van der Waals surface area contributed by atoms with Crippen molar-refractivity contribution in [2.24, 2.45) is 0 Å². The lowest BCUT2D eigenvalue weighted by Gasteiger charge is -2.01. The summed E-state index contributed by atoms with van der Waals surface area (Å²) in [6, 6.07) is 0. The second kappa shape index (κ2) is 3.30. The number of nitrogens with one attached hydrogen (secondary N) is 1. The molecule has 1 aliphatic heterocycles. The second-order valence-corrected chi connectivity index (χ2v) is 2.19. The molecule has 0 aromatic rings. The molecule has 1 unspecified atom stereocenters. The van der Waals surface area contributed by atoms with Gasteiger partial charge < -0.3 is 4.74 Å². The van der Waals surface area contributed by atoms with Gasteiger partial charge in [0.15, 0.2) is 5.78 Å². The number of rotatable bonds is 2. The summed E-state index contributed by atoms with van der Waals surface area (Å²) in [5, 5.41) is 6.52. The van der Waals surface area contributed by atoms with E-state index < -0.39 is 0 Å². The zero-order chi connectivity index (χ0) is 7.40. The smallest absolute Gasteiger partial charge is 0.193 e. The minimum atomic E-state index is -0.294. The van der Waals surface area contributed by atoms with E-state index in [9.17, 15) is 4.79 Å². The fourth-order valence-electron chi connectivity index (χ4n) is 0.966. The molecule has 0 saturated carbocycles. The van der Waals surface area contributed by atoms with Crippen molar-refractivity contribution >= 4 is 11.7 Å². The first-order valence-electron chi connectivity index (χ1n) is 3.25. The third-order valence-corrected chi connectivity index (χ3v) is 1.46. The second-order valence-electron chi connectivity index (χ2n) is 2.19. The molecule has 1 heterocycles. The van der Waals surface area contributed by atoms with Crippen molar-refractivity contribution in [2.45, 2.75) is 18.9 Å². The van der Waals surface area contributed by atoms with Crippen molar-refractivity contribution in [1.82, 2.24) is 0 Å². The molecule has 0 radical (unpaired) electrons. The number of hydrogen-bond acceptors (Lipinski definition) is 3. The maximum Gasteiger partial charge on any atom is 0.193 e. The minimum absolute atomic E-state index is 0.132. The van der Waals surface area contributed by atoms with Gasteiger partial charge >= 0.3 is 0 Å².